The molecule has 0 saturated heterocycles. The lowest BCUT2D eigenvalue weighted by Gasteiger charge is -2.34. The van der Waals surface area contributed by atoms with E-state index >= 15 is 0 Å². The normalized spacial score (nSPS) is 23.1. The molecule has 2 heterocycles. The van der Waals surface area contributed by atoms with E-state index in [1.165, 1.54) is 7.11 Å². The van der Waals surface area contributed by atoms with Crippen molar-refractivity contribution in [3.8, 4) is 0 Å². The molecule has 3 aromatic rings. The maximum atomic E-state index is 12.6. The van der Waals surface area contributed by atoms with Crippen LogP contribution in [0.15, 0.2) is 42.5 Å². The van der Waals surface area contributed by atoms with E-state index in [1.54, 1.807) is 11.8 Å². The number of nitrogens with zero attached hydrogens (tertiary/aromatic N) is 3. The van der Waals surface area contributed by atoms with Gasteiger partial charge in [-0.1, -0.05) is 36.8 Å². The van der Waals surface area contributed by atoms with E-state index in [9.17, 15) is 14.7 Å². The molecule has 1 amide bonds. The van der Waals surface area contributed by atoms with Crippen molar-refractivity contribution in [3.05, 3.63) is 59.4 Å². The third-order valence-electron chi connectivity index (χ3n) is 7.80. The summed E-state index contributed by atoms with van der Waals surface area (Å²) in [5.74, 6) is 0.850. The van der Waals surface area contributed by atoms with Crippen LogP contribution in [0.4, 0.5) is 10.5 Å². The lowest BCUT2D eigenvalue weighted by molar-refractivity contribution is -0.122. The van der Waals surface area contributed by atoms with Crippen molar-refractivity contribution in [2.75, 3.05) is 12.0 Å². The number of carbonyl (C=O) groups is 2. The number of hydrogen-bond acceptors (Lipinski definition) is 5. The Labute approximate surface area is 205 Å². The van der Waals surface area contributed by atoms with Crippen LogP contribution in [0.3, 0.4) is 0 Å². The zero-order valence-electron chi connectivity index (χ0n) is 20.6. The number of aliphatic hydroxyl groups excluding tert-OH is 1. The van der Waals surface area contributed by atoms with Crippen molar-refractivity contribution >= 4 is 28.6 Å². The topological polar surface area (TPSA) is 84.7 Å². The minimum Gasteiger partial charge on any atom is -0.452 e. The Morgan fingerprint density at radius 3 is 2.60 bits per heavy atom. The Bertz CT molecular complexity index is 1250. The Morgan fingerprint density at radius 2 is 1.89 bits per heavy atom. The number of anilines is 1. The van der Waals surface area contributed by atoms with E-state index in [0.717, 1.165) is 66.4 Å². The average molecular weight is 476 g/mol. The van der Waals surface area contributed by atoms with E-state index in [4.69, 9.17) is 9.72 Å². The number of rotatable bonds is 4. The van der Waals surface area contributed by atoms with E-state index < -0.39 is 6.10 Å². The molecule has 0 bridgehead atoms. The molecule has 1 N–H and O–H groups in total. The second-order valence-corrected chi connectivity index (χ2v) is 9.94. The van der Waals surface area contributed by atoms with E-state index in [1.807, 2.05) is 49.4 Å². The number of Topliss-reactive ketones (excluding diaryl/α,β-unsaturated/α-hetero) is 1. The van der Waals surface area contributed by atoms with Crippen molar-refractivity contribution in [2.24, 2.45) is 5.92 Å². The zero-order valence-corrected chi connectivity index (χ0v) is 20.6. The van der Waals surface area contributed by atoms with E-state index in [-0.39, 0.29) is 29.9 Å². The summed E-state index contributed by atoms with van der Waals surface area (Å²) in [5, 5.41) is 11.5. The predicted octanol–water partition coefficient (Wildman–Crippen LogP) is 5.35. The van der Waals surface area contributed by atoms with Gasteiger partial charge >= 0.3 is 6.09 Å². The summed E-state index contributed by atoms with van der Waals surface area (Å²) in [5.41, 5.74) is 4.37. The molecular weight excluding hydrogens is 442 g/mol. The number of aliphatic hydroxyl groups is 1. The first-order chi connectivity index (χ1) is 16.9. The smallest absolute Gasteiger partial charge is 0.414 e. The quantitative estimate of drug-likeness (QED) is 0.550. The van der Waals surface area contributed by atoms with Gasteiger partial charge in [0.2, 0.25) is 0 Å². The highest BCUT2D eigenvalue weighted by Crippen LogP contribution is 2.42. The lowest BCUT2D eigenvalue weighted by atomic mass is 9.83. The van der Waals surface area contributed by atoms with Crippen LogP contribution in [0.2, 0.25) is 0 Å². The van der Waals surface area contributed by atoms with Crippen LogP contribution in [-0.4, -0.2) is 39.7 Å². The van der Waals surface area contributed by atoms with Crippen LogP contribution in [-0.2, 0) is 16.0 Å². The van der Waals surface area contributed by atoms with Crippen molar-refractivity contribution in [3.63, 3.8) is 0 Å². The number of imidazole rings is 1. The van der Waals surface area contributed by atoms with Crippen molar-refractivity contribution in [2.45, 2.75) is 70.6 Å². The van der Waals surface area contributed by atoms with Gasteiger partial charge in [0.05, 0.1) is 23.8 Å². The monoisotopic (exact) mass is 475 g/mol. The third-order valence-corrected chi connectivity index (χ3v) is 7.80. The molecule has 1 aliphatic heterocycles. The van der Waals surface area contributed by atoms with Crippen LogP contribution in [0.5, 0.6) is 0 Å². The van der Waals surface area contributed by atoms with Crippen LogP contribution in [0.25, 0.3) is 11.0 Å². The summed E-state index contributed by atoms with van der Waals surface area (Å²) >= 11 is 0. The molecule has 1 aliphatic carbocycles. The molecule has 1 saturated carbocycles. The van der Waals surface area contributed by atoms with Gasteiger partial charge in [-0.15, -0.1) is 0 Å². The minimum atomic E-state index is -0.892. The number of carbonyl (C=O) groups excluding carboxylic acids is 2. The van der Waals surface area contributed by atoms with Gasteiger partial charge in [0.1, 0.15) is 17.7 Å². The zero-order chi connectivity index (χ0) is 24.7. The van der Waals surface area contributed by atoms with Crippen LogP contribution in [0.1, 0.15) is 75.0 Å². The summed E-state index contributed by atoms with van der Waals surface area (Å²) in [7, 11) is 1.40. The third kappa shape index (κ3) is 4.12. The number of methoxy groups -OCH3 is 1. The van der Waals surface area contributed by atoms with Gasteiger partial charge in [0.25, 0.3) is 0 Å². The van der Waals surface area contributed by atoms with Gasteiger partial charge in [0, 0.05) is 23.6 Å². The van der Waals surface area contributed by atoms with Crippen LogP contribution in [0, 0.1) is 5.92 Å². The molecule has 2 aliphatic rings. The van der Waals surface area contributed by atoms with Gasteiger partial charge in [-0.3, -0.25) is 9.69 Å². The largest absolute Gasteiger partial charge is 0.452 e. The van der Waals surface area contributed by atoms with Gasteiger partial charge < -0.3 is 14.4 Å². The number of amides is 1. The van der Waals surface area contributed by atoms with Crippen LogP contribution >= 0.6 is 0 Å². The molecular formula is C28H33N3O4. The second kappa shape index (κ2) is 9.46. The fraction of sp³-hybridized carbons (Fsp3) is 0.464. The molecule has 2 aromatic carbocycles. The molecule has 0 unspecified atom stereocenters. The number of ketones is 1. The molecule has 35 heavy (non-hydrogen) atoms. The maximum absolute atomic E-state index is 12.6. The molecule has 1 aromatic heterocycles. The predicted molar refractivity (Wildman–Crippen MR) is 135 cm³/mol. The minimum absolute atomic E-state index is 0.0264. The van der Waals surface area contributed by atoms with Crippen molar-refractivity contribution in [1.82, 2.24) is 9.55 Å². The number of aromatic nitrogens is 2. The fourth-order valence-corrected chi connectivity index (χ4v) is 5.92. The molecule has 4 atom stereocenters. The Kier molecular flexibility index (Phi) is 6.36. The number of ether oxygens (including phenoxy) is 1. The number of fused-ring (bicyclic) bond motifs is 3. The highest BCUT2D eigenvalue weighted by molar-refractivity contribution is 5.95. The lowest BCUT2D eigenvalue weighted by Crippen LogP contribution is -2.42. The van der Waals surface area contributed by atoms with E-state index in [0.29, 0.717) is 5.82 Å². The molecule has 5 rings (SSSR count). The van der Waals surface area contributed by atoms with Crippen molar-refractivity contribution < 1.29 is 19.4 Å². The highest BCUT2D eigenvalue weighted by Gasteiger charge is 2.34. The summed E-state index contributed by atoms with van der Waals surface area (Å²) in [4.78, 5) is 31.6. The molecule has 7 nitrogen and oxygen atoms in total. The van der Waals surface area contributed by atoms with Crippen molar-refractivity contribution in [1.29, 1.82) is 0 Å². The standard InChI is InChI=1S/C28H33N3O4/c1-17-12-13-22-23(30(17)28(34)35-3)14-15-24-25(22)29-27(26(33)19-8-5-4-6-9-19)31(24)21-11-7-10-20(16-21)18(2)32/h4-6,8-9,14-15,17,20-21,26,33H,7,10-13,16H2,1-3H3/t17-,20-,21+,26-/m0/s1. The summed E-state index contributed by atoms with van der Waals surface area (Å²) in [6, 6.07) is 13.7. The van der Waals surface area contributed by atoms with Gasteiger partial charge in [-0.2, -0.15) is 0 Å². The Morgan fingerprint density at radius 1 is 1.11 bits per heavy atom. The molecule has 184 valence electrons. The van der Waals surface area contributed by atoms with Gasteiger partial charge in [-0.05, 0) is 63.6 Å². The molecule has 0 spiro atoms. The maximum Gasteiger partial charge on any atom is 0.414 e. The first-order valence-electron chi connectivity index (χ1n) is 12.5. The summed E-state index contributed by atoms with van der Waals surface area (Å²) in [6.07, 6.45) is 3.89. The van der Waals surface area contributed by atoms with Gasteiger partial charge in [-0.25, -0.2) is 9.78 Å². The average Bonchev–Trinajstić information content (AvgIpc) is 3.28. The highest BCUT2D eigenvalue weighted by atomic mass is 16.5. The molecule has 7 heteroatoms. The summed E-state index contributed by atoms with van der Waals surface area (Å²) in [6.45, 7) is 3.70. The first-order valence-corrected chi connectivity index (χ1v) is 12.5. The SMILES string of the molecule is COC(=O)N1c2ccc3c(nc([C@@H](O)c4ccccc4)n3[C@@H]3CCC[C@H](C(C)=O)C3)c2CC[C@@H]1C. The Balaban J connectivity index is 1.69. The number of benzene rings is 2. The van der Waals surface area contributed by atoms with E-state index in [2.05, 4.69) is 4.57 Å². The fourth-order valence-electron chi connectivity index (χ4n) is 5.92. The Hall–Kier alpha value is -3.19. The number of hydrogen-bond donors (Lipinski definition) is 1. The molecule has 0 radical (unpaired) electrons. The van der Waals surface area contributed by atoms with Gasteiger partial charge in [0.15, 0.2) is 0 Å². The summed E-state index contributed by atoms with van der Waals surface area (Å²) < 4.78 is 7.24. The van der Waals surface area contributed by atoms with Crippen LogP contribution < -0.4 is 4.90 Å². The number of aryl methyl sites for hydroxylation is 1. The first kappa shape index (κ1) is 23.5. The second-order valence-electron chi connectivity index (χ2n) is 9.94. The molecule has 1 fully saturated rings.